The number of halogens is 1. The van der Waals surface area contributed by atoms with Crippen molar-refractivity contribution >= 4 is 21.6 Å². The van der Waals surface area contributed by atoms with Gasteiger partial charge in [0, 0.05) is 6.04 Å². The first-order valence-electron chi connectivity index (χ1n) is 5.38. The maximum atomic E-state index is 5.74. The fourth-order valence-electron chi connectivity index (χ4n) is 2.18. The van der Waals surface area contributed by atoms with Gasteiger partial charge in [0.1, 0.15) is 4.60 Å². The lowest BCUT2D eigenvalue weighted by Crippen LogP contribution is -2.29. The van der Waals surface area contributed by atoms with Crippen molar-refractivity contribution in [3.8, 4) is 0 Å². The average molecular weight is 270 g/mol. The van der Waals surface area contributed by atoms with Crippen LogP contribution in [0.2, 0.25) is 0 Å². The van der Waals surface area contributed by atoms with E-state index in [9.17, 15) is 0 Å². The third-order valence-electron chi connectivity index (χ3n) is 3.04. The monoisotopic (exact) mass is 269 g/mol. The van der Waals surface area contributed by atoms with Crippen LogP contribution in [-0.2, 0) is 0 Å². The Bertz CT molecular complexity index is 312. The molecule has 82 valence electrons. The molecule has 1 saturated carbocycles. The van der Waals surface area contributed by atoms with Gasteiger partial charge in [-0.05, 0) is 53.4 Å². The number of nitrogens with two attached hydrogens (primary N) is 1. The molecule has 4 heteroatoms. The van der Waals surface area contributed by atoms with Crippen LogP contribution in [-0.4, -0.2) is 17.6 Å². The number of hydrogen-bond donors (Lipinski definition) is 2. The summed E-state index contributed by atoms with van der Waals surface area (Å²) in [6.07, 6.45) is 5.61. The molecule has 0 radical (unpaired) electrons. The molecule has 0 saturated heterocycles. The Morgan fingerprint density at radius 1 is 1.47 bits per heavy atom. The minimum Gasteiger partial charge on any atom is -0.381 e. The van der Waals surface area contributed by atoms with E-state index in [2.05, 4.69) is 26.2 Å². The average Bonchev–Trinajstić information content (AvgIpc) is 2.69. The van der Waals surface area contributed by atoms with Gasteiger partial charge in [-0.3, -0.25) is 0 Å². The molecule has 0 aliphatic heterocycles. The van der Waals surface area contributed by atoms with Crippen LogP contribution in [0.3, 0.4) is 0 Å². The van der Waals surface area contributed by atoms with Crippen LogP contribution in [0.25, 0.3) is 0 Å². The van der Waals surface area contributed by atoms with E-state index in [1.807, 2.05) is 18.3 Å². The maximum absolute atomic E-state index is 5.74. The molecule has 1 aromatic rings. The van der Waals surface area contributed by atoms with Crippen molar-refractivity contribution in [2.75, 3.05) is 11.9 Å². The van der Waals surface area contributed by atoms with Crippen LogP contribution in [0.5, 0.6) is 0 Å². The molecule has 1 aliphatic carbocycles. The molecule has 15 heavy (non-hydrogen) atoms. The first-order chi connectivity index (χ1) is 7.29. The minimum absolute atomic E-state index is 0.526. The maximum Gasteiger partial charge on any atom is 0.106 e. The Morgan fingerprint density at radius 2 is 2.33 bits per heavy atom. The van der Waals surface area contributed by atoms with Gasteiger partial charge in [-0.25, -0.2) is 4.98 Å². The molecule has 3 nitrogen and oxygen atoms in total. The number of hydrogen-bond acceptors (Lipinski definition) is 3. The van der Waals surface area contributed by atoms with Crippen molar-refractivity contribution in [1.82, 2.24) is 4.98 Å². The fraction of sp³-hybridized carbons (Fsp3) is 0.545. The smallest absolute Gasteiger partial charge is 0.106 e. The summed E-state index contributed by atoms with van der Waals surface area (Å²) in [5.74, 6) is 0.619. The second-order valence-electron chi connectivity index (χ2n) is 4.05. The highest BCUT2D eigenvalue weighted by atomic mass is 79.9. The van der Waals surface area contributed by atoms with Crippen LogP contribution in [0.4, 0.5) is 5.69 Å². The van der Waals surface area contributed by atoms with Crippen molar-refractivity contribution in [2.24, 2.45) is 11.7 Å². The van der Waals surface area contributed by atoms with Crippen LogP contribution < -0.4 is 11.1 Å². The summed E-state index contributed by atoms with van der Waals surface area (Å²) >= 11 is 3.32. The van der Waals surface area contributed by atoms with E-state index in [-0.39, 0.29) is 0 Å². The first kappa shape index (κ1) is 10.9. The van der Waals surface area contributed by atoms with Crippen LogP contribution >= 0.6 is 15.9 Å². The summed E-state index contributed by atoms with van der Waals surface area (Å²) in [7, 11) is 0. The first-order valence-corrected chi connectivity index (χ1v) is 6.17. The molecule has 2 unspecified atom stereocenters. The van der Waals surface area contributed by atoms with E-state index in [4.69, 9.17) is 5.73 Å². The number of pyridine rings is 1. The Labute approximate surface area is 98.6 Å². The molecule has 0 spiro atoms. The van der Waals surface area contributed by atoms with E-state index in [0.29, 0.717) is 12.0 Å². The van der Waals surface area contributed by atoms with Crippen molar-refractivity contribution in [3.63, 3.8) is 0 Å². The molecule has 1 aromatic heterocycles. The summed E-state index contributed by atoms with van der Waals surface area (Å²) in [4.78, 5) is 4.19. The Balaban J connectivity index is 1.99. The second-order valence-corrected chi connectivity index (χ2v) is 4.86. The molecule has 0 bridgehead atoms. The lowest BCUT2D eigenvalue weighted by Gasteiger charge is -2.20. The predicted molar refractivity (Wildman–Crippen MR) is 65.7 cm³/mol. The van der Waals surface area contributed by atoms with E-state index in [1.165, 1.54) is 19.3 Å². The fourth-order valence-corrected chi connectivity index (χ4v) is 2.42. The normalized spacial score (nSPS) is 25.5. The van der Waals surface area contributed by atoms with Crippen molar-refractivity contribution in [1.29, 1.82) is 0 Å². The number of anilines is 1. The molecule has 2 atom stereocenters. The SMILES string of the molecule is NCC1CCCC1Nc1ccc(Br)nc1. The van der Waals surface area contributed by atoms with Gasteiger partial charge in [0.25, 0.3) is 0 Å². The number of nitrogens with zero attached hydrogens (tertiary/aromatic N) is 1. The Hall–Kier alpha value is -0.610. The van der Waals surface area contributed by atoms with Gasteiger partial charge >= 0.3 is 0 Å². The molecule has 2 rings (SSSR count). The topological polar surface area (TPSA) is 50.9 Å². The second kappa shape index (κ2) is 4.94. The Kier molecular flexibility index (Phi) is 3.59. The molecule has 1 aliphatic rings. The lowest BCUT2D eigenvalue weighted by atomic mass is 10.0. The van der Waals surface area contributed by atoms with Gasteiger partial charge in [-0.1, -0.05) is 6.42 Å². The van der Waals surface area contributed by atoms with Crippen molar-refractivity contribution in [2.45, 2.75) is 25.3 Å². The number of aromatic nitrogens is 1. The molecule has 0 amide bonds. The van der Waals surface area contributed by atoms with Crippen molar-refractivity contribution in [3.05, 3.63) is 22.9 Å². The van der Waals surface area contributed by atoms with E-state index < -0.39 is 0 Å². The number of rotatable bonds is 3. The predicted octanol–water partition coefficient (Wildman–Crippen LogP) is 2.38. The van der Waals surface area contributed by atoms with Gasteiger partial charge in [-0.15, -0.1) is 0 Å². The quantitative estimate of drug-likeness (QED) is 0.829. The summed E-state index contributed by atoms with van der Waals surface area (Å²) in [6, 6.07) is 4.52. The molecule has 1 fully saturated rings. The third kappa shape index (κ3) is 2.69. The molecule has 0 aromatic carbocycles. The number of nitrogens with one attached hydrogen (secondary N) is 1. The van der Waals surface area contributed by atoms with Gasteiger partial charge in [0.2, 0.25) is 0 Å². The van der Waals surface area contributed by atoms with Crippen molar-refractivity contribution < 1.29 is 0 Å². The minimum atomic E-state index is 0.526. The zero-order valence-electron chi connectivity index (χ0n) is 8.62. The largest absolute Gasteiger partial charge is 0.381 e. The van der Waals surface area contributed by atoms with E-state index >= 15 is 0 Å². The highest BCUT2D eigenvalue weighted by Crippen LogP contribution is 2.27. The summed E-state index contributed by atoms with van der Waals surface area (Å²) in [5.41, 5.74) is 6.83. The zero-order chi connectivity index (χ0) is 10.7. The van der Waals surface area contributed by atoms with E-state index in [0.717, 1.165) is 16.8 Å². The third-order valence-corrected chi connectivity index (χ3v) is 3.51. The van der Waals surface area contributed by atoms with Gasteiger partial charge in [-0.2, -0.15) is 0 Å². The van der Waals surface area contributed by atoms with Gasteiger partial charge in [0.15, 0.2) is 0 Å². The van der Waals surface area contributed by atoms with E-state index in [1.54, 1.807) is 0 Å². The van der Waals surface area contributed by atoms with Gasteiger partial charge < -0.3 is 11.1 Å². The summed E-state index contributed by atoms with van der Waals surface area (Å²) in [6.45, 7) is 0.779. The molecule has 3 N–H and O–H groups in total. The zero-order valence-corrected chi connectivity index (χ0v) is 10.2. The summed E-state index contributed by atoms with van der Waals surface area (Å²) < 4.78 is 0.870. The Morgan fingerprint density at radius 3 is 3.00 bits per heavy atom. The van der Waals surface area contributed by atoms with Crippen LogP contribution in [0.15, 0.2) is 22.9 Å². The lowest BCUT2D eigenvalue weighted by molar-refractivity contribution is 0.516. The highest BCUT2D eigenvalue weighted by Gasteiger charge is 2.25. The molecular weight excluding hydrogens is 254 g/mol. The standard InChI is InChI=1S/C11H16BrN3/c12-11-5-4-9(7-14-11)15-10-3-1-2-8(10)6-13/h4-5,7-8,10,15H,1-3,6,13H2. The molecular formula is C11H16BrN3. The van der Waals surface area contributed by atoms with Crippen LogP contribution in [0.1, 0.15) is 19.3 Å². The van der Waals surface area contributed by atoms with Gasteiger partial charge in [0.05, 0.1) is 11.9 Å². The summed E-state index contributed by atoms with van der Waals surface area (Å²) in [5, 5.41) is 3.51. The highest BCUT2D eigenvalue weighted by molar-refractivity contribution is 9.10. The van der Waals surface area contributed by atoms with Crippen LogP contribution in [0, 0.1) is 5.92 Å². The molecule has 1 heterocycles.